The largest absolute Gasteiger partial charge is 0.491 e. The molecule has 3 N–H and O–H groups in total. The van der Waals surface area contributed by atoms with Gasteiger partial charge in [0.15, 0.2) is 11.5 Å². The maximum Gasteiger partial charge on any atom is 0.491 e. The third kappa shape index (κ3) is 4.31. The standard InChI is InChI=1S/C17H18F3N7O4/c1-2-3-6-26-10-12(25-7-4-22-5-8-25)23-9-24-13(10)27(16(26)30)14(11(21)28)31-15(29)17(18,19)20/h9,14,22H,4-8H2,1H3,(H2,21,28). The van der Waals surface area contributed by atoms with Crippen molar-refractivity contribution in [1.82, 2.24) is 24.4 Å². The normalized spacial score (nSPS) is 15.3. The van der Waals surface area contributed by atoms with E-state index >= 15 is 0 Å². The number of piperazine rings is 1. The van der Waals surface area contributed by atoms with Crippen LogP contribution in [-0.2, 0) is 20.9 Å². The Hall–Kier alpha value is -3.60. The van der Waals surface area contributed by atoms with Crippen molar-refractivity contribution in [2.45, 2.75) is 25.9 Å². The quantitative estimate of drug-likeness (QED) is 0.451. The lowest BCUT2D eigenvalue weighted by atomic mass is 10.3. The molecule has 2 aromatic rings. The molecule has 1 unspecified atom stereocenters. The number of carbonyl (C=O) groups excluding carboxylic acids is 2. The average molecular weight is 441 g/mol. The van der Waals surface area contributed by atoms with Crippen LogP contribution >= 0.6 is 0 Å². The molecule has 14 heteroatoms. The second-order valence-corrected chi connectivity index (χ2v) is 6.43. The van der Waals surface area contributed by atoms with Gasteiger partial charge in [-0.1, -0.05) is 5.92 Å². The number of nitrogens with zero attached hydrogens (tertiary/aromatic N) is 5. The van der Waals surface area contributed by atoms with E-state index in [2.05, 4.69) is 31.9 Å². The number of alkyl halides is 3. The zero-order valence-electron chi connectivity index (χ0n) is 16.3. The van der Waals surface area contributed by atoms with Crippen LogP contribution in [0.5, 0.6) is 0 Å². The fourth-order valence-electron chi connectivity index (χ4n) is 3.12. The molecule has 1 aliphatic rings. The highest BCUT2D eigenvalue weighted by molar-refractivity contribution is 5.88. The first-order chi connectivity index (χ1) is 14.7. The fraction of sp³-hybridized carbons (Fsp3) is 0.471. The average Bonchev–Trinajstić information content (AvgIpc) is 3.01. The van der Waals surface area contributed by atoms with E-state index in [4.69, 9.17) is 5.73 Å². The summed E-state index contributed by atoms with van der Waals surface area (Å²) in [7, 11) is 0. The monoisotopic (exact) mass is 441 g/mol. The number of fused-ring (bicyclic) bond motifs is 1. The van der Waals surface area contributed by atoms with Crippen molar-refractivity contribution >= 4 is 28.9 Å². The van der Waals surface area contributed by atoms with E-state index in [1.807, 2.05) is 4.90 Å². The van der Waals surface area contributed by atoms with Crippen LogP contribution in [0.4, 0.5) is 19.0 Å². The summed E-state index contributed by atoms with van der Waals surface area (Å²) < 4.78 is 44.0. The first-order valence-corrected chi connectivity index (χ1v) is 9.05. The highest BCUT2D eigenvalue weighted by Gasteiger charge is 2.44. The SMILES string of the molecule is CC#CCn1c(=O)n(C(OC(=O)C(F)(F)F)C(N)=O)c2ncnc(N3CCNCC3)c21. The summed E-state index contributed by atoms with van der Waals surface area (Å²) in [5.41, 5.74) is 4.10. The topological polar surface area (TPSA) is 137 Å². The van der Waals surface area contributed by atoms with Crippen molar-refractivity contribution in [3.05, 3.63) is 16.8 Å². The molecule has 1 saturated heterocycles. The lowest BCUT2D eigenvalue weighted by Gasteiger charge is -2.28. The number of rotatable bonds is 5. The van der Waals surface area contributed by atoms with Gasteiger partial charge >= 0.3 is 17.8 Å². The molecule has 0 bridgehead atoms. The molecule has 11 nitrogen and oxygen atoms in total. The molecule has 0 aromatic carbocycles. The van der Waals surface area contributed by atoms with Crippen molar-refractivity contribution in [2.75, 3.05) is 31.1 Å². The highest BCUT2D eigenvalue weighted by atomic mass is 19.4. The lowest BCUT2D eigenvalue weighted by Crippen LogP contribution is -2.44. The number of esters is 1. The molecule has 1 fully saturated rings. The molecular weight excluding hydrogens is 423 g/mol. The third-order valence-electron chi connectivity index (χ3n) is 4.48. The number of ether oxygens (including phenoxy) is 1. The van der Waals surface area contributed by atoms with Crippen LogP contribution in [0.25, 0.3) is 11.2 Å². The maximum absolute atomic E-state index is 13.1. The number of nitrogens with two attached hydrogens (primary N) is 1. The Balaban J connectivity index is 2.24. The number of hydrogen-bond donors (Lipinski definition) is 2. The van der Waals surface area contributed by atoms with Gasteiger partial charge in [-0.05, 0) is 6.92 Å². The first-order valence-electron chi connectivity index (χ1n) is 9.05. The van der Waals surface area contributed by atoms with Crippen molar-refractivity contribution in [3.63, 3.8) is 0 Å². The molecule has 0 spiro atoms. The summed E-state index contributed by atoms with van der Waals surface area (Å²) >= 11 is 0. The van der Waals surface area contributed by atoms with E-state index in [9.17, 15) is 27.6 Å². The molecular formula is C17H18F3N7O4. The number of carbonyl (C=O) groups is 2. The van der Waals surface area contributed by atoms with Gasteiger partial charge in [-0.2, -0.15) is 13.2 Å². The molecule has 166 valence electrons. The van der Waals surface area contributed by atoms with Crippen LogP contribution in [0.15, 0.2) is 11.1 Å². The molecule has 0 radical (unpaired) electrons. The van der Waals surface area contributed by atoms with E-state index in [1.54, 1.807) is 0 Å². The van der Waals surface area contributed by atoms with Gasteiger partial charge in [0.25, 0.3) is 12.1 Å². The summed E-state index contributed by atoms with van der Waals surface area (Å²) in [4.78, 5) is 46.3. The predicted molar refractivity (Wildman–Crippen MR) is 101 cm³/mol. The van der Waals surface area contributed by atoms with Gasteiger partial charge in [-0.3, -0.25) is 9.36 Å². The summed E-state index contributed by atoms with van der Waals surface area (Å²) in [6, 6.07) is 0. The van der Waals surface area contributed by atoms with Gasteiger partial charge in [0.2, 0.25) is 0 Å². The molecule has 0 saturated carbocycles. The number of primary amides is 1. The van der Waals surface area contributed by atoms with Gasteiger partial charge in [0, 0.05) is 26.2 Å². The summed E-state index contributed by atoms with van der Waals surface area (Å²) in [6.07, 6.45) is -6.68. The van der Waals surface area contributed by atoms with E-state index in [1.165, 1.54) is 6.92 Å². The molecule has 1 amide bonds. The number of imidazole rings is 1. The second kappa shape index (κ2) is 8.64. The molecule has 3 rings (SSSR count). The molecule has 3 heterocycles. The minimum Gasteiger partial charge on any atom is -0.425 e. The summed E-state index contributed by atoms with van der Waals surface area (Å²) in [5.74, 6) is 1.46. The van der Waals surface area contributed by atoms with E-state index in [-0.39, 0.29) is 17.7 Å². The molecule has 31 heavy (non-hydrogen) atoms. The number of halogens is 3. The second-order valence-electron chi connectivity index (χ2n) is 6.43. The number of nitrogens with one attached hydrogen (secondary N) is 1. The van der Waals surface area contributed by atoms with Gasteiger partial charge in [0.1, 0.15) is 11.8 Å². The van der Waals surface area contributed by atoms with Crippen LogP contribution < -0.4 is 21.6 Å². The van der Waals surface area contributed by atoms with Gasteiger partial charge in [-0.15, -0.1) is 5.92 Å². The molecule has 2 aromatic heterocycles. The number of aromatic nitrogens is 4. The van der Waals surface area contributed by atoms with Crippen LogP contribution in [0.1, 0.15) is 13.2 Å². The van der Waals surface area contributed by atoms with Crippen molar-refractivity contribution in [3.8, 4) is 11.8 Å². The fourth-order valence-corrected chi connectivity index (χ4v) is 3.12. The molecule has 1 atom stereocenters. The van der Waals surface area contributed by atoms with Gasteiger partial charge < -0.3 is 20.7 Å². The molecule has 1 aliphatic heterocycles. The zero-order valence-corrected chi connectivity index (χ0v) is 16.3. The third-order valence-corrected chi connectivity index (χ3v) is 4.48. The summed E-state index contributed by atoms with van der Waals surface area (Å²) in [6.45, 7) is 3.72. The van der Waals surface area contributed by atoms with Crippen LogP contribution in [0.3, 0.4) is 0 Å². The predicted octanol–water partition coefficient (Wildman–Crippen LogP) is -0.885. The van der Waals surface area contributed by atoms with E-state index in [0.29, 0.717) is 36.6 Å². The van der Waals surface area contributed by atoms with Crippen LogP contribution in [-0.4, -0.2) is 63.3 Å². The van der Waals surface area contributed by atoms with E-state index < -0.39 is 30.0 Å². The van der Waals surface area contributed by atoms with Crippen molar-refractivity contribution in [2.24, 2.45) is 5.73 Å². The minimum absolute atomic E-state index is 0.131. The van der Waals surface area contributed by atoms with Crippen molar-refractivity contribution in [1.29, 1.82) is 0 Å². The van der Waals surface area contributed by atoms with Crippen LogP contribution in [0, 0.1) is 11.8 Å². The number of hydrogen-bond acceptors (Lipinski definition) is 8. The maximum atomic E-state index is 13.1. The Morgan fingerprint density at radius 3 is 2.58 bits per heavy atom. The Labute approximate surface area is 173 Å². The molecule has 0 aliphatic carbocycles. The highest BCUT2D eigenvalue weighted by Crippen LogP contribution is 2.26. The zero-order chi connectivity index (χ0) is 22.8. The van der Waals surface area contributed by atoms with Gasteiger partial charge in [-0.25, -0.2) is 24.1 Å². The lowest BCUT2D eigenvalue weighted by molar-refractivity contribution is -0.209. The Morgan fingerprint density at radius 1 is 1.32 bits per heavy atom. The Bertz CT molecular complexity index is 1120. The van der Waals surface area contributed by atoms with Gasteiger partial charge in [0.05, 0.1) is 6.54 Å². The van der Waals surface area contributed by atoms with Crippen molar-refractivity contribution < 1.29 is 27.5 Å². The minimum atomic E-state index is -5.40. The van der Waals surface area contributed by atoms with Crippen LogP contribution in [0.2, 0.25) is 0 Å². The number of anilines is 1. The van der Waals surface area contributed by atoms with E-state index in [0.717, 1.165) is 10.9 Å². The smallest absolute Gasteiger partial charge is 0.425 e. The first kappa shape index (κ1) is 22.1. The number of amides is 1. The summed E-state index contributed by atoms with van der Waals surface area (Å²) in [5, 5.41) is 3.16. The Morgan fingerprint density at radius 2 is 2.00 bits per heavy atom. The Kier molecular flexibility index (Phi) is 6.16.